The maximum absolute atomic E-state index is 8.26. The summed E-state index contributed by atoms with van der Waals surface area (Å²) in [6, 6.07) is 0. The molecule has 0 heterocycles. The number of ether oxygens (including phenoxy) is 3. The molecule has 0 aromatic heterocycles. The standard InChI is InChI=1S/C6H14O4.C3H7ClO/c7-1-3-9-5-6-10-4-2-8;1-5-3-2-4/h7-8H,1-6H2;2-3H2,1H3. The third-order valence-corrected chi connectivity index (χ3v) is 1.28. The van der Waals surface area contributed by atoms with E-state index in [1.165, 1.54) is 0 Å². The van der Waals surface area contributed by atoms with Crippen molar-refractivity contribution in [1.29, 1.82) is 0 Å². The van der Waals surface area contributed by atoms with Crippen LogP contribution in [0.4, 0.5) is 0 Å². The molecule has 0 amide bonds. The predicted octanol–water partition coefficient (Wildman–Crippen LogP) is -0.124. The van der Waals surface area contributed by atoms with Gasteiger partial charge in [-0.3, -0.25) is 0 Å². The third kappa shape index (κ3) is 24.9. The first-order valence-electron chi connectivity index (χ1n) is 4.75. The number of alkyl halides is 1. The van der Waals surface area contributed by atoms with Crippen LogP contribution in [0.1, 0.15) is 0 Å². The Morgan fingerprint density at radius 2 is 1.33 bits per heavy atom. The van der Waals surface area contributed by atoms with Crippen molar-refractivity contribution in [2.45, 2.75) is 0 Å². The van der Waals surface area contributed by atoms with E-state index in [0.29, 0.717) is 38.9 Å². The molecule has 0 atom stereocenters. The van der Waals surface area contributed by atoms with Crippen LogP contribution >= 0.6 is 11.6 Å². The van der Waals surface area contributed by atoms with Crippen molar-refractivity contribution >= 4 is 11.6 Å². The largest absolute Gasteiger partial charge is 0.394 e. The Labute approximate surface area is 95.9 Å². The van der Waals surface area contributed by atoms with Gasteiger partial charge in [0.15, 0.2) is 0 Å². The van der Waals surface area contributed by atoms with Crippen molar-refractivity contribution in [2.75, 3.05) is 59.2 Å². The van der Waals surface area contributed by atoms with Crippen LogP contribution in [0.2, 0.25) is 0 Å². The van der Waals surface area contributed by atoms with Crippen LogP contribution in [0.5, 0.6) is 0 Å². The molecule has 0 aromatic rings. The van der Waals surface area contributed by atoms with Gasteiger partial charge in [-0.1, -0.05) is 0 Å². The number of rotatable bonds is 9. The zero-order valence-electron chi connectivity index (χ0n) is 9.15. The summed E-state index contributed by atoms with van der Waals surface area (Å²) in [5.74, 6) is 0.594. The van der Waals surface area contributed by atoms with Crippen LogP contribution in [0.25, 0.3) is 0 Å². The Morgan fingerprint density at radius 1 is 0.867 bits per heavy atom. The van der Waals surface area contributed by atoms with Crippen LogP contribution in [-0.4, -0.2) is 69.5 Å². The molecule has 0 saturated carbocycles. The number of hydrogen-bond donors (Lipinski definition) is 2. The highest BCUT2D eigenvalue weighted by Gasteiger charge is 1.86. The molecule has 0 aliphatic rings. The third-order valence-electron chi connectivity index (χ3n) is 1.12. The normalized spacial score (nSPS) is 9.60. The number of aliphatic hydroxyl groups excluding tert-OH is 2. The summed E-state index contributed by atoms with van der Waals surface area (Å²) >= 11 is 5.18. The Kier molecular flexibility index (Phi) is 22.9. The minimum absolute atomic E-state index is 0.0417. The van der Waals surface area contributed by atoms with Gasteiger partial charge in [0.05, 0.1) is 46.2 Å². The van der Waals surface area contributed by atoms with Gasteiger partial charge in [0.25, 0.3) is 0 Å². The Morgan fingerprint density at radius 3 is 1.53 bits per heavy atom. The Balaban J connectivity index is 0. The smallest absolute Gasteiger partial charge is 0.0701 e. The molecule has 0 aromatic carbocycles. The second-order valence-electron chi connectivity index (χ2n) is 2.35. The van der Waals surface area contributed by atoms with Gasteiger partial charge in [-0.05, 0) is 0 Å². The van der Waals surface area contributed by atoms with Crippen LogP contribution in [0.15, 0.2) is 0 Å². The molecule has 0 bridgehead atoms. The van der Waals surface area contributed by atoms with Gasteiger partial charge in [-0.15, -0.1) is 11.6 Å². The average Bonchev–Trinajstić information content (AvgIpc) is 2.25. The van der Waals surface area contributed by atoms with Crippen LogP contribution in [0.3, 0.4) is 0 Å². The van der Waals surface area contributed by atoms with E-state index in [4.69, 9.17) is 31.3 Å². The van der Waals surface area contributed by atoms with Crippen molar-refractivity contribution < 1.29 is 24.4 Å². The highest BCUT2D eigenvalue weighted by molar-refractivity contribution is 6.17. The van der Waals surface area contributed by atoms with E-state index in [9.17, 15) is 0 Å². The first-order chi connectivity index (χ1) is 7.33. The number of methoxy groups -OCH3 is 1. The van der Waals surface area contributed by atoms with Crippen molar-refractivity contribution in [3.8, 4) is 0 Å². The van der Waals surface area contributed by atoms with Crippen molar-refractivity contribution in [2.24, 2.45) is 0 Å². The molecular formula is C9H21ClO5. The van der Waals surface area contributed by atoms with Gasteiger partial charge in [0.2, 0.25) is 0 Å². The summed E-state index contributed by atoms with van der Waals surface area (Å²) in [6.07, 6.45) is 0. The van der Waals surface area contributed by atoms with Gasteiger partial charge in [0, 0.05) is 13.0 Å². The lowest BCUT2D eigenvalue weighted by Gasteiger charge is -2.01. The quantitative estimate of drug-likeness (QED) is 0.437. The highest BCUT2D eigenvalue weighted by atomic mass is 35.5. The lowest BCUT2D eigenvalue weighted by molar-refractivity contribution is 0.0222. The molecule has 5 nitrogen and oxygen atoms in total. The summed E-state index contributed by atoms with van der Waals surface area (Å²) in [4.78, 5) is 0. The molecule has 0 rings (SSSR count). The molecule has 0 spiro atoms. The molecule has 6 heteroatoms. The molecule has 0 radical (unpaired) electrons. The van der Waals surface area contributed by atoms with E-state index in [1.807, 2.05) is 0 Å². The topological polar surface area (TPSA) is 68.2 Å². The van der Waals surface area contributed by atoms with E-state index >= 15 is 0 Å². The first kappa shape index (κ1) is 17.5. The minimum atomic E-state index is 0.0417. The second kappa shape index (κ2) is 19.6. The number of aliphatic hydroxyl groups is 2. The van der Waals surface area contributed by atoms with E-state index in [-0.39, 0.29) is 13.2 Å². The van der Waals surface area contributed by atoms with E-state index in [1.54, 1.807) is 7.11 Å². The fraction of sp³-hybridized carbons (Fsp3) is 1.00. The van der Waals surface area contributed by atoms with E-state index < -0.39 is 0 Å². The van der Waals surface area contributed by atoms with Crippen molar-refractivity contribution in [3.05, 3.63) is 0 Å². The van der Waals surface area contributed by atoms with Crippen molar-refractivity contribution in [1.82, 2.24) is 0 Å². The number of halogens is 1. The van der Waals surface area contributed by atoms with Gasteiger partial charge >= 0.3 is 0 Å². The highest BCUT2D eigenvalue weighted by Crippen LogP contribution is 1.76. The molecule has 0 fully saturated rings. The Bertz CT molecular complexity index is 84.6. The van der Waals surface area contributed by atoms with Gasteiger partial charge < -0.3 is 24.4 Å². The van der Waals surface area contributed by atoms with Gasteiger partial charge in [0.1, 0.15) is 0 Å². The molecule has 0 aliphatic carbocycles. The molecule has 0 unspecified atom stereocenters. The lowest BCUT2D eigenvalue weighted by Crippen LogP contribution is -2.09. The maximum atomic E-state index is 8.26. The minimum Gasteiger partial charge on any atom is -0.394 e. The van der Waals surface area contributed by atoms with Gasteiger partial charge in [-0.25, -0.2) is 0 Å². The SMILES string of the molecule is COCCCl.OCCOCCOCCO. The maximum Gasteiger partial charge on any atom is 0.0701 e. The summed E-state index contributed by atoms with van der Waals surface area (Å²) in [5, 5.41) is 16.5. The zero-order chi connectivity index (χ0) is 11.8. The fourth-order valence-electron chi connectivity index (χ4n) is 0.528. The average molecular weight is 245 g/mol. The molecule has 15 heavy (non-hydrogen) atoms. The molecule has 0 aliphatic heterocycles. The molecule has 0 saturated heterocycles. The van der Waals surface area contributed by atoms with Crippen molar-refractivity contribution in [3.63, 3.8) is 0 Å². The van der Waals surface area contributed by atoms with E-state index in [2.05, 4.69) is 4.74 Å². The molecular weight excluding hydrogens is 224 g/mol. The Hall–Kier alpha value is 0.0900. The zero-order valence-corrected chi connectivity index (χ0v) is 9.91. The summed E-state index contributed by atoms with van der Waals surface area (Å²) in [6.45, 7) is 2.38. The van der Waals surface area contributed by atoms with Crippen LogP contribution in [-0.2, 0) is 14.2 Å². The first-order valence-corrected chi connectivity index (χ1v) is 5.29. The number of hydrogen-bond acceptors (Lipinski definition) is 5. The predicted molar refractivity (Wildman–Crippen MR) is 58.4 cm³/mol. The lowest BCUT2D eigenvalue weighted by atomic mass is 10.7. The van der Waals surface area contributed by atoms with Crippen LogP contribution in [0, 0.1) is 0 Å². The summed E-state index contributed by atoms with van der Waals surface area (Å²) in [5.41, 5.74) is 0. The van der Waals surface area contributed by atoms with Crippen LogP contribution < -0.4 is 0 Å². The summed E-state index contributed by atoms with van der Waals surface area (Å²) in [7, 11) is 1.63. The monoisotopic (exact) mass is 244 g/mol. The summed E-state index contributed by atoms with van der Waals surface area (Å²) < 4.78 is 14.3. The second-order valence-corrected chi connectivity index (χ2v) is 2.73. The molecule has 94 valence electrons. The molecule has 2 N–H and O–H groups in total. The van der Waals surface area contributed by atoms with Gasteiger partial charge in [-0.2, -0.15) is 0 Å². The van der Waals surface area contributed by atoms with E-state index in [0.717, 1.165) is 0 Å². The fourth-order valence-corrected chi connectivity index (χ4v) is 0.683.